The molecule has 0 bridgehead atoms. The summed E-state index contributed by atoms with van der Waals surface area (Å²) in [6.45, 7) is 1.87. The SMILES string of the molecule is COC(=O)c1cc(C)c(CBr)cc1C(=O)OC. The van der Waals surface area contributed by atoms with Gasteiger partial charge in [0.2, 0.25) is 0 Å². The third kappa shape index (κ3) is 2.85. The van der Waals surface area contributed by atoms with Crippen LogP contribution in [0.2, 0.25) is 0 Å². The van der Waals surface area contributed by atoms with Gasteiger partial charge < -0.3 is 9.47 Å². The van der Waals surface area contributed by atoms with E-state index in [1.807, 2.05) is 6.92 Å². The fourth-order valence-electron chi connectivity index (χ4n) is 1.45. The highest BCUT2D eigenvalue weighted by Gasteiger charge is 2.20. The Morgan fingerprint density at radius 2 is 1.59 bits per heavy atom. The predicted octanol–water partition coefficient (Wildman–Crippen LogP) is 2.46. The van der Waals surface area contributed by atoms with Crippen molar-refractivity contribution in [3.05, 3.63) is 34.4 Å². The minimum absolute atomic E-state index is 0.222. The number of hydrogen-bond acceptors (Lipinski definition) is 4. The number of halogens is 1. The summed E-state index contributed by atoms with van der Waals surface area (Å²) < 4.78 is 9.29. The van der Waals surface area contributed by atoms with Gasteiger partial charge in [0.05, 0.1) is 25.3 Å². The van der Waals surface area contributed by atoms with Crippen LogP contribution in [0.4, 0.5) is 0 Å². The number of hydrogen-bond donors (Lipinski definition) is 0. The van der Waals surface area contributed by atoms with Crippen molar-refractivity contribution in [2.75, 3.05) is 14.2 Å². The van der Waals surface area contributed by atoms with Crippen molar-refractivity contribution in [3.63, 3.8) is 0 Å². The molecule has 1 aromatic carbocycles. The van der Waals surface area contributed by atoms with Gasteiger partial charge in [-0.15, -0.1) is 0 Å². The quantitative estimate of drug-likeness (QED) is 0.635. The standard InChI is InChI=1S/C12H13BrO4/c1-7-4-9(11(14)16-2)10(12(15)17-3)5-8(7)6-13/h4-5H,6H2,1-3H3. The van der Waals surface area contributed by atoms with E-state index in [1.165, 1.54) is 14.2 Å². The van der Waals surface area contributed by atoms with E-state index in [4.69, 9.17) is 0 Å². The smallest absolute Gasteiger partial charge is 0.338 e. The zero-order valence-corrected chi connectivity index (χ0v) is 11.5. The van der Waals surface area contributed by atoms with Crippen LogP contribution in [0.5, 0.6) is 0 Å². The van der Waals surface area contributed by atoms with Crippen LogP contribution in [0.1, 0.15) is 31.8 Å². The largest absolute Gasteiger partial charge is 0.465 e. The molecule has 0 N–H and O–H groups in total. The summed E-state index contributed by atoms with van der Waals surface area (Å²) in [5.41, 5.74) is 2.29. The number of esters is 2. The maximum absolute atomic E-state index is 11.6. The Balaban J connectivity index is 3.41. The van der Waals surface area contributed by atoms with E-state index in [0.29, 0.717) is 5.33 Å². The van der Waals surface area contributed by atoms with Crippen LogP contribution >= 0.6 is 15.9 Å². The summed E-state index contributed by atoms with van der Waals surface area (Å²) in [5.74, 6) is -1.10. The Bertz CT molecular complexity index is 454. The van der Waals surface area contributed by atoms with Gasteiger partial charge in [0.1, 0.15) is 0 Å². The molecule has 0 aromatic heterocycles. The molecule has 0 saturated carbocycles. The van der Waals surface area contributed by atoms with E-state index < -0.39 is 11.9 Å². The molecule has 0 unspecified atom stereocenters. The van der Waals surface area contributed by atoms with Crippen molar-refractivity contribution in [1.29, 1.82) is 0 Å². The highest BCUT2D eigenvalue weighted by molar-refractivity contribution is 9.08. The first-order valence-corrected chi connectivity index (χ1v) is 6.03. The van der Waals surface area contributed by atoms with Gasteiger partial charge in [0.25, 0.3) is 0 Å². The molecule has 17 heavy (non-hydrogen) atoms. The van der Waals surface area contributed by atoms with Crippen molar-refractivity contribution >= 4 is 27.9 Å². The molecule has 0 aliphatic rings. The highest BCUT2D eigenvalue weighted by Crippen LogP contribution is 2.20. The minimum atomic E-state index is -0.549. The van der Waals surface area contributed by atoms with Gasteiger partial charge >= 0.3 is 11.9 Å². The molecule has 0 fully saturated rings. The first-order valence-electron chi connectivity index (χ1n) is 4.91. The van der Waals surface area contributed by atoms with Crippen molar-refractivity contribution in [3.8, 4) is 0 Å². The molecule has 1 rings (SSSR count). The minimum Gasteiger partial charge on any atom is -0.465 e. The van der Waals surface area contributed by atoms with Crippen molar-refractivity contribution in [2.45, 2.75) is 12.3 Å². The van der Waals surface area contributed by atoms with Crippen molar-refractivity contribution in [1.82, 2.24) is 0 Å². The maximum atomic E-state index is 11.6. The van der Waals surface area contributed by atoms with E-state index in [-0.39, 0.29) is 11.1 Å². The molecule has 5 heteroatoms. The first kappa shape index (κ1) is 13.7. The number of alkyl halides is 1. The van der Waals surface area contributed by atoms with E-state index >= 15 is 0 Å². The van der Waals surface area contributed by atoms with Crippen LogP contribution in [-0.4, -0.2) is 26.2 Å². The molecule has 0 heterocycles. The average Bonchev–Trinajstić information content (AvgIpc) is 2.36. The molecular weight excluding hydrogens is 288 g/mol. The van der Waals surface area contributed by atoms with Crippen LogP contribution in [0.15, 0.2) is 12.1 Å². The highest BCUT2D eigenvalue weighted by atomic mass is 79.9. The van der Waals surface area contributed by atoms with Crippen molar-refractivity contribution < 1.29 is 19.1 Å². The maximum Gasteiger partial charge on any atom is 0.338 e. The molecule has 0 saturated heterocycles. The molecule has 0 spiro atoms. The van der Waals surface area contributed by atoms with E-state index in [0.717, 1.165) is 11.1 Å². The number of rotatable bonds is 3. The van der Waals surface area contributed by atoms with Crippen molar-refractivity contribution in [2.24, 2.45) is 0 Å². The summed E-state index contributed by atoms with van der Waals surface area (Å²) in [4.78, 5) is 23.2. The second-order valence-corrected chi connectivity index (χ2v) is 4.00. The lowest BCUT2D eigenvalue weighted by molar-refractivity contribution is 0.0555. The van der Waals surface area contributed by atoms with Crippen LogP contribution in [0, 0.1) is 6.92 Å². The lowest BCUT2D eigenvalue weighted by Gasteiger charge is -2.10. The number of carbonyl (C=O) groups excluding carboxylic acids is 2. The van der Waals surface area contributed by atoms with Gasteiger partial charge in [-0.25, -0.2) is 9.59 Å². The Kier molecular flexibility index (Phi) is 4.69. The van der Waals surface area contributed by atoms with E-state index in [9.17, 15) is 9.59 Å². The van der Waals surface area contributed by atoms with Crippen LogP contribution in [0.25, 0.3) is 0 Å². The Morgan fingerprint density at radius 1 is 1.12 bits per heavy atom. The Morgan fingerprint density at radius 3 is 2.00 bits per heavy atom. The molecule has 0 atom stereocenters. The van der Waals surface area contributed by atoms with Crippen LogP contribution < -0.4 is 0 Å². The normalized spacial score (nSPS) is 9.88. The molecule has 1 aromatic rings. The molecular formula is C12H13BrO4. The second-order valence-electron chi connectivity index (χ2n) is 3.44. The first-order chi connectivity index (χ1) is 8.04. The Labute approximate surface area is 108 Å². The molecule has 0 amide bonds. The molecule has 0 aliphatic heterocycles. The number of carbonyl (C=O) groups is 2. The zero-order chi connectivity index (χ0) is 13.0. The fraction of sp³-hybridized carbons (Fsp3) is 0.333. The summed E-state index contributed by atoms with van der Waals surface area (Å²) in [6.07, 6.45) is 0. The lowest BCUT2D eigenvalue weighted by Crippen LogP contribution is -2.13. The van der Waals surface area contributed by atoms with E-state index in [2.05, 4.69) is 25.4 Å². The third-order valence-electron chi connectivity index (χ3n) is 2.43. The van der Waals surface area contributed by atoms with Crippen LogP contribution in [-0.2, 0) is 14.8 Å². The summed E-state index contributed by atoms with van der Waals surface area (Å²) in [6, 6.07) is 3.27. The molecule has 0 aliphatic carbocycles. The van der Waals surface area contributed by atoms with Gasteiger partial charge in [0.15, 0.2) is 0 Å². The fourth-order valence-corrected chi connectivity index (χ4v) is 2.06. The average molecular weight is 301 g/mol. The van der Waals surface area contributed by atoms with Crippen LogP contribution in [0.3, 0.4) is 0 Å². The summed E-state index contributed by atoms with van der Waals surface area (Å²) >= 11 is 3.32. The zero-order valence-electron chi connectivity index (χ0n) is 9.87. The number of ether oxygens (including phenoxy) is 2. The number of methoxy groups -OCH3 is 2. The molecule has 92 valence electrons. The molecule has 0 radical (unpaired) electrons. The monoisotopic (exact) mass is 300 g/mol. The van der Waals surface area contributed by atoms with Gasteiger partial charge in [-0.3, -0.25) is 0 Å². The van der Waals surface area contributed by atoms with Gasteiger partial charge in [0, 0.05) is 5.33 Å². The number of benzene rings is 1. The number of aryl methyl sites for hydroxylation is 1. The summed E-state index contributed by atoms with van der Waals surface area (Å²) in [5, 5.41) is 0.601. The second kappa shape index (κ2) is 5.82. The topological polar surface area (TPSA) is 52.6 Å². The Hall–Kier alpha value is -1.36. The van der Waals surface area contributed by atoms with E-state index in [1.54, 1.807) is 12.1 Å². The predicted molar refractivity (Wildman–Crippen MR) is 66.5 cm³/mol. The lowest BCUT2D eigenvalue weighted by atomic mass is 10.00. The van der Waals surface area contributed by atoms with Gasteiger partial charge in [-0.05, 0) is 30.2 Å². The third-order valence-corrected chi connectivity index (χ3v) is 3.03. The summed E-state index contributed by atoms with van der Waals surface area (Å²) in [7, 11) is 2.55. The molecule has 4 nitrogen and oxygen atoms in total. The van der Waals surface area contributed by atoms with Gasteiger partial charge in [-0.1, -0.05) is 15.9 Å². The van der Waals surface area contributed by atoms with Gasteiger partial charge in [-0.2, -0.15) is 0 Å².